The van der Waals surface area contributed by atoms with E-state index in [1.54, 1.807) is 6.20 Å². The van der Waals surface area contributed by atoms with Crippen LogP contribution in [0, 0.1) is 11.7 Å². The summed E-state index contributed by atoms with van der Waals surface area (Å²) in [4.78, 5) is 29.3. The molecular formula is C24H26FN3O3. The van der Waals surface area contributed by atoms with Crippen LogP contribution < -0.4 is 15.4 Å². The van der Waals surface area contributed by atoms with Gasteiger partial charge in [0.1, 0.15) is 23.1 Å². The van der Waals surface area contributed by atoms with Crippen LogP contribution in [0.15, 0.2) is 60.8 Å². The number of nitrogens with one attached hydrogen (secondary N) is 2. The first-order chi connectivity index (χ1) is 15.0. The van der Waals surface area contributed by atoms with Crippen molar-refractivity contribution in [2.75, 3.05) is 13.2 Å². The van der Waals surface area contributed by atoms with Gasteiger partial charge in [-0.3, -0.25) is 14.6 Å². The number of aromatic nitrogens is 1. The lowest BCUT2D eigenvalue weighted by Crippen LogP contribution is -2.50. The summed E-state index contributed by atoms with van der Waals surface area (Å²) in [5, 5.41) is 6.57. The summed E-state index contributed by atoms with van der Waals surface area (Å²) < 4.78 is 18.9. The number of ether oxygens (including phenoxy) is 1. The van der Waals surface area contributed by atoms with Gasteiger partial charge < -0.3 is 15.4 Å². The molecular weight excluding hydrogens is 397 g/mol. The fraction of sp³-hybridized carbons (Fsp3) is 0.292. The molecule has 2 aromatic carbocycles. The van der Waals surface area contributed by atoms with E-state index in [1.807, 2.05) is 44.2 Å². The second-order valence-electron chi connectivity index (χ2n) is 7.53. The summed E-state index contributed by atoms with van der Waals surface area (Å²) in [7, 11) is 0. The second-order valence-corrected chi connectivity index (χ2v) is 7.53. The van der Waals surface area contributed by atoms with Gasteiger partial charge in [-0.2, -0.15) is 0 Å². The first-order valence-electron chi connectivity index (χ1n) is 10.3. The minimum absolute atomic E-state index is 0.109. The van der Waals surface area contributed by atoms with Crippen LogP contribution in [0.2, 0.25) is 0 Å². The third kappa shape index (κ3) is 6.01. The van der Waals surface area contributed by atoms with Crippen molar-refractivity contribution in [1.82, 2.24) is 15.6 Å². The molecule has 0 saturated heterocycles. The lowest BCUT2D eigenvalue weighted by Gasteiger charge is -2.22. The van der Waals surface area contributed by atoms with E-state index >= 15 is 0 Å². The molecule has 1 atom stereocenters. The molecule has 2 N–H and O–H groups in total. The van der Waals surface area contributed by atoms with Crippen molar-refractivity contribution in [2.45, 2.75) is 26.3 Å². The van der Waals surface area contributed by atoms with Crippen LogP contribution in [0.25, 0.3) is 10.9 Å². The largest absolute Gasteiger partial charge is 0.491 e. The average Bonchev–Trinajstić information content (AvgIpc) is 2.77. The lowest BCUT2D eigenvalue weighted by molar-refractivity contribution is -0.123. The zero-order valence-corrected chi connectivity index (χ0v) is 17.6. The zero-order valence-electron chi connectivity index (χ0n) is 17.6. The predicted octanol–water partition coefficient (Wildman–Crippen LogP) is 3.71. The van der Waals surface area contributed by atoms with Crippen molar-refractivity contribution in [3.63, 3.8) is 0 Å². The summed E-state index contributed by atoms with van der Waals surface area (Å²) in [6.07, 6.45) is 2.33. The Kier molecular flexibility index (Phi) is 7.54. The third-order valence-electron chi connectivity index (χ3n) is 4.82. The van der Waals surface area contributed by atoms with Crippen LogP contribution in [-0.4, -0.2) is 36.0 Å². The maximum absolute atomic E-state index is 13.0. The van der Waals surface area contributed by atoms with Crippen molar-refractivity contribution in [3.8, 4) is 5.75 Å². The van der Waals surface area contributed by atoms with Crippen LogP contribution in [0.5, 0.6) is 5.75 Å². The highest BCUT2D eigenvalue weighted by atomic mass is 19.1. The Bertz CT molecular complexity index is 1030. The minimum atomic E-state index is -0.694. The van der Waals surface area contributed by atoms with Gasteiger partial charge in [0.05, 0.1) is 6.61 Å². The van der Waals surface area contributed by atoms with Gasteiger partial charge in [-0.05, 0) is 48.7 Å². The van der Waals surface area contributed by atoms with Gasteiger partial charge in [-0.25, -0.2) is 4.39 Å². The van der Waals surface area contributed by atoms with Gasteiger partial charge in [0, 0.05) is 23.7 Å². The number of benzene rings is 2. The first kappa shape index (κ1) is 22.2. The smallest absolute Gasteiger partial charge is 0.251 e. The Morgan fingerprint density at radius 1 is 1.06 bits per heavy atom. The summed E-state index contributed by atoms with van der Waals surface area (Å²) in [5.41, 5.74) is 1.11. The number of pyridine rings is 1. The molecule has 31 heavy (non-hydrogen) atoms. The molecule has 0 aliphatic heterocycles. The molecule has 3 rings (SSSR count). The number of para-hydroxylation sites is 1. The summed E-state index contributed by atoms with van der Waals surface area (Å²) in [5.74, 6) is -0.507. The monoisotopic (exact) mass is 423 g/mol. The van der Waals surface area contributed by atoms with E-state index in [9.17, 15) is 14.0 Å². The van der Waals surface area contributed by atoms with Crippen molar-refractivity contribution >= 4 is 22.7 Å². The standard InChI is InChI=1S/C24H26FN3O3/c1-16(2)21(28-23(29)18-9-11-19(25)12-10-18)24(30)27-14-5-15-31-20-8-3-6-17-7-4-13-26-22(17)20/h3-4,6-13,16,21H,5,14-15H2,1-2H3,(H,27,30)(H,28,29). The number of hydrogen-bond acceptors (Lipinski definition) is 4. The van der Waals surface area contributed by atoms with Gasteiger partial charge in [0.2, 0.25) is 5.91 Å². The van der Waals surface area contributed by atoms with Crippen LogP contribution in [0.3, 0.4) is 0 Å². The molecule has 3 aromatic rings. The summed E-state index contributed by atoms with van der Waals surface area (Å²) in [6, 6.07) is 14.1. The molecule has 0 spiro atoms. The number of fused-ring (bicyclic) bond motifs is 1. The average molecular weight is 423 g/mol. The van der Waals surface area contributed by atoms with Crippen molar-refractivity contribution in [1.29, 1.82) is 0 Å². The molecule has 1 aromatic heterocycles. The molecule has 0 saturated carbocycles. The summed E-state index contributed by atoms with van der Waals surface area (Å²) in [6.45, 7) is 4.54. The molecule has 2 amide bonds. The van der Waals surface area contributed by atoms with E-state index in [0.717, 1.165) is 10.9 Å². The van der Waals surface area contributed by atoms with E-state index in [2.05, 4.69) is 15.6 Å². The number of amides is 2. The number of nitrogens with zero attached hydrogens (tertiary/aromatic N) is 1. The predicted molar refractivity (Wildman–Crippen MR) is 117 cm³/mol. The van der Waals surface area contributed by atoms with Gasteiger partial charge >= 0.3 is 0 Å². The molecule has 7 heteroatoms. The van der Waals surface area contributed by atoms with Crippen molar-refractivity contribution in [3.05, 3.63) is 72.2 Å². The maximum Gasteiger partial charge on any atom is 0.251 e. The van der Waals surface area contributed by atoms with E-state index in [-0.39, 0.29) is 11.8 Å². The Hall–Kier alpha value is -3.48. The number of carbonyl (C=O) groups is 2. The fourth-order valence-electron chi connectivity index (χ4n) is 3.13. The SMILES string of the molecule is CC(C)C(NC(=O)c1ccc(F)cc1)C(=O)NCCCOc1cccc2cccnc12. The maximum atomic E-state index is 13.0. The quantitative estimate of drug-likeness (QED) is 0.514. The van der Waals surface area contributed by atoms with Crippen LogP contribution in [0.4, 0.5) is 4.39 Å². The van der Waals surface area contributed by atoms with Crippen molar-refractivity contribution in [2.24, 2.45) is 5.92 Å². The van der Waals surface area contributed by atoms with Gasteiger partial charge in [-0.1, -0.05) is 32.0 Å². The minimum Gasteiger partial charge on any atom is -0.491 e. The Balaban J connectivity index is 1.47. The number of carbonyl (C=O) groups excluding carboxylic acids is 2. The third-order valence-corrected chi connectivity index (χ3v) is 4.82. The second kappa shape index (κ2) is 10.5. The number of hydrogen-bond donors (Lipinski definition) is 2. The van der Waals surface area contributed by atoms with E-state index in [0.29, 0.717) is 30.9 Å². The molecule has 0 bridgehead atoms. The van der Waals surface area contributed by atoms with Gasteiger partial charge in [-0.15, -0.1) is 0 Å². The topological polar surface area (TPSA) is 80.3 Å². The Labute approximate surface area is 180 Å². The molecule has 0 fully saturated rings. The van der Waals surface area contributed by atoms with Crippen LogP contribution in [0.1, 0.15) is 30.6 Å². The fourth-order valence-corrected chi connectivity index (χ4v) is 3.13. The van der Waals surface area contributed by atoms with Crippen molar-refractivity contribution < 1.29 is 18.7 Å². The summed E-state index contributed by atoms with van der Waals surface area (Å²) >= 11 is 0. The molecule has 6 nitrogen and oxygen atoms in total. The molecule has 0 aliphatic rings. The van der Waals surface area contributed by atoms with Crippen LogP contribution >= 0.6 is 0 Å². The van der Waals surface area contributed by atoms with Gasteiger partial charge in [0.15, 0.2) is 0 Å². The zero-order chi connectivity index (χ0) is 22.2. The molecule has 162 valence electrons. The molecule has 1 unspecified atom stereocenters. The van der Waals surface area contributed by atoms with E-state index in [1.165, 1.54) is 24.3 Å². The highest BCUT2D eigenvalue weighted by molar-refractivity contribution is 5.97. The lowest BCUT2D eigenvalue weighted by atomic mass is 10.0. The molecule has 0 radical (unpaired) electrons. The van der Waals surface area contributed by atoms with Crippen LogP contribution in [-0.2, 0) is 4.79 Å². The first-order valence-corrected chi connectivity index (χ1v) is 10.3. The van der Waals surface area contributed by atoms with E-state index < -0.39 is 17.8 Å². The number of rotatable bonds is 9. The number of halogens is 1. The highest BCUT2D eigenvalue weighted by Crippen LogP contribution is 2.22. The van der Waals surface area contributed by atoms with E-state index in [4.69, 9.17) is 4.74 Å². The normalized spacial score (nSPS) is 11.9. The Morgan fingerprint density at radius 3 is 2.55 bits per heavy atom. The van der Waals surface area contributed by atoms with Gasteiger partial charge in [0.25, 0.3) is 5.91 Å². The highest BCUT2D eigenvalue weighted by Gasteiger charge is 2.24. The Morgan fingerprint density at radius 2 is 1.81 bits per heavy atom. The molecule has 0 aliphatic carbocycles. The molecule has 1 heterocycles.